The molecular formula is C16H26ClN5O5S. The normalized spacial score (nSPS) is 18.1. The molecule has 12 heteroatoms. The number of nitro groups is 1. The number of anilines is 1. The zero-order valence-corrected chi connectivity index (χ0v) is 17.2. The first-order valence-electron chi connectivity index (χ1n) is 8.68. The van der Waals surface area contributed by atoms with Gasteiger partial charge in [-0.3, -0.25) is 14.9 Å². The van der Waals surface area contributed by atoms with Crippen LogP contribution in [-0.4, -0.2) is 49.8 Å². The minimum absolute atomic E-state index is 0. The van der Waals surface area contributed by atoms with Gasteiger partial charge in [0, 0.05) is 38.2 Å². The van der Waals surface area contributed by atoms with E-state index in [9.17, 15) is 23.3 Å². The Morgan fingerprint density at radius 2 is 2.14 bits per heavy atom. The van der Waals surface area contributed by atoms with E-state index in [0.29, 0.717) is 13.1 Å². The van der Waals surface area contributed by atoms with E-state index in [1.807, 2.05) is 6.92 Å². The van der Waals surface area contributed by atoms with Gasteiger partial charge in [0.1, 0.15) is 5.69 Å². The summed E-state index contributed by atoms with van der Waals surface area (Å²) in [7, 11) is -4.04. The van der Waals surface area contributed by atoms with Crippen LogP contribution in [0.4, 0.5) is 11.4 Å². The maximum Gasteiger partial charge on any atom is 0.293 e. The van der Waals surface area contributed by atoms with Crippen molar-refractivity contribution in [1.82, 2.24) is 4.90 Å². The highest BCUT2D eigenvalue weighted by atomic mass is 35.5. The summed E-state index contributed by atoms with van der Waals surface area (Å²) in [6, 6.07) is 3.38. The van der Waals surface area contributed by atoms with Gasteiger partial charge < -0.3 is 16.0 Å². The molecule has 1 aromatic carbocycles. The second-order valence-corrected chi connectivity index (χ2v) is 8.32. The van der Waals surface area contributed by atoms with Gasteiger partial charge in [0.05, 0.1) is 9.82 Å². The van der Waals surface area contributed by atoms with Crippen LogP contribution in [0, 0.1) is 16.0 Å². The molecule has 0 bridgehead atoms. The van der Waals surface area contributed by atoms with Crippen LogP contribution in [0.5, 0.6) is 0 Å². The van der Waals surface area contributed by atoms with Crippen molar-refractivity contribution >= 4 is 39.7 Å². The van der Waals surface area contributed by atoms with E-state index < -0.39 is 20.6 Å². The number of hydrogen-bond acceptors (Lipinski definition) is 7. The Bertz CT molecular complexity index is 818. The first kappa shape index (κ1) is 24.1. The lowest BCUT2D eigenvalue weighted by Crippen LogP contribution is -2.45. The van der Waals surface area contributed by atoms with Crippen LogP contribution in [-0.2, 0) is 14.8 Å². The molecule has 0 saturated carbocycles. The van der Waals surface area contributed by atoms with Gasteiger partial charge in [0.25, 0.3) is 5.69 Å². The number of nitrogens with one attached hydrogen (secondary N) is 1. The van der Waals surface area contributed by atoms with Crippen molar-refractivity contribution in [3.63, 3.8) is 0 Å². The molecule has 1 aliphatic rings. The summed E-state index contributed by atoms with van der Waals surface area (Å²) >= 11 is 0. The molecule has 10 nitrogen and oxygen atoms in total. The average molecular weight is 436 g/mol. The molecule has 5 N–H and O–H groups in total. The maximum absolute atomic E-state index is 12.4. The second-order valence-electron chi connectivity index (χ2n) is 6.76. The number of primary sulfonamides is 1. The van der Waals surface area contributed by atoms with Crippen molar-refractivity contribution in [3.05, 3.63) is 28.3 Å². The van der Waals surface area contributed by atoms with E-state index in [2.05, 4.69) is 5.32 Å². The van der Waals surface area contributed by atoms with Crippen LogP contribution in [0.2, 0.25) is 0 Å². The number of piperidine rings is 1. The largest absolute Gasteiger partial charge is 0.379 e. The Kier molecular flexibility index (Phi) is 8.61. The van der Waals surface area contributed by atoms with Crippen LogP contribution in [0.25, 0.3) is 0 Å². The highest BCUT2D eigenvalue weighted by Crippen LogP contribution is 2.27. The van der Waals surface area contributed by atoms with Gasteiger partial charge in [0.15, 0.2) is 0 Å². The molecule has 0 spiro atoms. The number of hydrogen-bond donors (Lipinski definition) is 3. The summed E-state index contributed by atoms with van der Waals surface area (Å²) in [6.07, 6.45) is 2.08. The van der Waals surface area contributed by atoms with Crippen LogP contribution >= 0.6 is 12.4 Å². The minimum Gasteiger partial charge on any atom is -0.379 e. The Morgan fingerprint density at radius 1 is 1.46 bits per heavy atom. The summed E-state index contributed by atoms with van der Waals surface area (Å²) in [5.41, 5.74) is 5.65. The summed E-state index contributed by atoms with van der Waals surface area (Å²) in [5.74, 6) is 0.235. The summed E-state index contributed by atoms with van der Waals surface area (Å²) in [6.45, 7) is 3.43. The second kappa shape index (κ2) is 10.0. The third kappa shape index (κ3) is 6.30. The third-order valence-corrected chi connectivity index (χ3v) is 5.61. The minimum atomic E-state index is -4.04. The Balaban J connectivity index is 0.00000392. The topological polar surface area (TPSA) is 162 Å². The smallest absolute Gasteiger partial charge is 0.293 e. The number of nitrogens with two attached hydrogens (primary N) is 2. The zero-order valence-electron chi connectivity index (χ0n) is 15.5. The van der Waals surface area contributed by atoms with Crippen molar-refractivity contribution in [2.24, 2.45) is 16.8 Å². The lowest BCUT2D eigenvalue weighted by atomic mass is 9.92. The average Bonchev–Trinajstić information content (AvgIpc) is 2.60. The molecule has 0 aliphatic carbocycles. The highest BCUT2D eigenvalue weighted by Gasteiger charge is 2.25. The monoisotopic (exact) mass is 435 g/mol. The standard InChI is InChI=1S/C16H25N5O5S.ClH/c1-11(17)12-3-2-8-20(10-12)16(22)6-7-19-14-5-4-13(27(18,25)26)9-15(14)21(23)24;/h4-5,9,11-12,19H,2-3,6-8,10,17H2,1H3,(H2,18,25,26);1H. The van der Waals surface area contributed by atoms with Gasteiger partial charge in [-0.2, -0.15) is 0 Å². The summed E-state index contributed by atoms with van der Waals surface area (Å²) in [5, 5.41) is 19.0. The first-order chi connectivity index (χ1) is 12.6. The van der Waals surface area contributed by atoms with Crippen molar-refractivity contribution in [2.75, 3.05) is 25.0 Å². The molecule has 1 saturated heterocycles. The third-order valence-electron chi connectivity index (χ3n) is 4.70. The Labute approximate surface area is 170 Å². The molecule has 2 atom stereocenters. The number of benzene rings is 1. The fourth-order valence-electron chi connectivity index (χ4n) is 3.12. The van der Waals surface area contributed by atoms with Crippen LogP contribution < -0.4 is 16.2 Å². The zero-order chi connectivity index (χ0) is 20.2. The molecule has 2 rings (SSSR count). The van der Waals surface area contributed by atoms with Crippen LogP contribution in [0.15, 0.2) is 23.1 Å². The fourth-order valence-corrected chi connectivity index (χ4v) is 3.65. The van der Waals surface area contributed by atoms with Gasteiger partial charge >= 0.3 is 0 Å². The maximum atomic E-state index is 12.4. The number of sulfonamides is 1. The Morgan fingerprint density at radius 3 is 2.71 bits per heavy atom. The molecule has 0 aromatic heterocycles. The molecule has 158 valence electrons. The van der Waals surface area contributed by atoms with E-state index in [4.69, 9.17) is 10.9 Å². The molecule has 2 unspecified atom stereocenters. The number of halogens is 1. The number of nitrogens with zero attached hydrogens (tertiary/aromatic N) is 2. The van der Waals surface area contributed by atoms with E-state index >= 15 is 0 Å². The van der Waals surface area contributed by atoms with E-state index in [1.54, 1.807) is 4.90 Å². The van der Waals surface area contributed by atoms with Crippen molar-refractivity contribution in [2.45, 2.75) is 37.1 Å². The molecule has 1 aromatic rings. The fraction of sp³-hybridized carbons (Fsp3) is 0.562. The summed E-state index contributed by atoms with van der Waals surface area (Å²) in [4.78, 5) is 24.3. The number of carbonyl (C=O) groups excluding carboxylic acids is 1. The van der Waals surface area contributed by atoms with Gasteiger partial charge in [-0.15, -0.1) is 12.4 Å². The van der Waals surface area contributed by atoms with Crippen LogP contribution in [0.3, 0.4) is 0 Å². The SMILES string of the molecule is CC(N)C1CCCN(C(=O)CCNc2ccc(S(N)(=O)=O)cc2[N+](=O)[O-])C1.Cl. The number of rotatable bonds is 7. The van der Waals surface area contributed by atoms with E-state index in [-0.39, 0.29) is 53.8 Å². The molecule has 0 radical (unpaired) electrons. The lowest BCUT2D eigenvalue weighted by Gasteiger charge is -2.34. The molecule has 1 heterocycles. The number of likely N-dealkylation sites (tertiary alicyclic amines) is 1. The van der Waals surface area contributed by atoms with Gasteiger partial charge in [-0.25, -0.2) is 13.6 Å². The van der Waals surface area contributed by atoms with Crippen molar-refractivity contribution < 1.29 is 18.1 Å². The molecule has 1 aliphatic heterocycles. The van der Waals surface area contributed by atoms with Crippen molar-refractivity contribution in [3.8, 4) is 0 Å². The van der Waals surface area contributed by atoms with Gasteiger partial charge in [0.2, 0.25) is 15.9 Å². The predicted molar refractivity (Wildman–Crippen MR) is 108 cm³/mol. The molecular weight excluding hydrogens is 410 g/mol. The molecule has 28 heavy (non-hydrogen) atoms. The Hall–Kier alpha value is -1.95. The lowest BCUT2D eigenvalue weighted by molar-refractivity contribution is -0.384. The number of nitro benzene ring substituents is 1. The molecule has 1 amide bonds. The summed E-state index contributed by atoms with van der Waals surface area (Å²) < 4.78 is 22.7. The van der Waals surface area contributed by atoms with Crippen molar-refractivity contribution in [1.29, 1.82) is 0 Å². The first-order valence-corrected chi connectivity index (χ1v) is 10.2. The predicted octanol–water partition coefficient (Wildman–Crippen LogP) is 1.05. The van der Waals surface area contributed by atoms with Gasteiger partial charge in [-0.1, -0.05) is 0 Å². The number of carbonyl (C=O) groups is 1. The quantitative estimate of drug-likeness (QED) is 0.425. The van der Waals surface area contributed by atoms with Crippen LogP contribution in [0.1, 0.15) is 26.2 Å². The number of amides is 1. The van der Waals surface area contributed by atoms with Gasteiger partial charge in [-0.05, 0) is 37.8 Å². The molecule has 1 fully saturated rings. The van der Waals surface area contributed by atoms with E-state index in [0.717, 1.165) is 18.9 Å². The highest BCUT2D eigenvalue weighted by molar-refractivity contribution is 7.89. The van der Waals surface area contributed by atoms with E-state index in [1.165, 1.54) is 12.1 Å².